The van der Waals surface area contributed by atoms with E-state index in [2.05, 4.69) is 18.2 Å². The van der Waals surface area contributed by atoms with Crippen LogP contribution in [0.5, 0.6) is 0 Å². The monoisotopic (exact) mass is 179 g/mol. The molecule has 1 N–H and O–H groups in total. The molecule has 0 aromatic rings. The number of rotatable bonds is 5. The lowest BCUT2D eigenvalue weighted by Gasteiger charge is -2.02. The van der Waals surface area contributed by atoms with Crippen molar-refractivity contribution in [3.8, 4) is 12.3 Å². The Morgan fingerprint density at radius 2 is 2.31 bits per heavy atom. The van der Waals surface area contributed by atoms with Gasteiger partial charge >= 0.3 is 0 Å². The summed E-state index contributed by atoms with van der Waals surface area (Å²) in [6, 6.07) is 0. The van der Waals surface area contributed by atoms with E-state index in [1.54, 1.807) is 0 Å². The molecule has 2 heteroatoms. The zero-order valence-corrected chi connectivity index (χ0v) is 8.18. The van der Waals surface area contributed by atoms with E-state index in [0.717, 1.165) is 32.2 Å². The largest absolute Gasteiger partial charge is 0.356 e. The van der Waals surface area contributed by atoms with Crippen LogP contribution in [0.15, 0.2) is 0 Å². The molecule has 2 unspecified atom stereocenters. The third-order valence-electron chi connectivity index (χ3n) is 2.49. The maximum absolute atomic E-state index is 11.3. The highest BCUT2D eigenvalue weighted by molar-refractivity contribution is 5.81. The van der Waals surface area contributed by atoms with Gasteiger partial charge in [-0.15, -0.1) is 12.3 Å². The molecule has 0 saturated heterocycles. The minimum Gasteiger partial charge on any atom is -0.356 e. The van der Waals surface area contributed by atoms with Crippen LogP contribution in [0.1, 0.15) is 32.6 Å². The molecule has 2 atom stereocenters. The summed E-state index contributed by atoms with van der Waals surface area (Å²) in [5.74, 6) is 3.72. The summed E-state index contributed by atoms with van der Waals surface area (Å²) in [6.45, 7) is 2.90. The molecule has 72 valence electrons. The van der Waals surface area contributed by atoms with Crippen LogP contribution in [-0.2, 0) is 4.79 Å². The van der Waals surface area contributed by atoms with Crippen LogP contribution in [0.25, 0.3) is 0 Å². The van der Waals surface area contributed by atoms with E-state index in [1.165, 1.54) is 0 Å². The smallest absolute Gasteiger partial charge is 0.223 e. The van der Waals surface area contributed by atoms with Crippen LogP contribution in [0.2, 0.25) is 0 Å². The van der Waals surface area contributed by atoms with Gasteiger partial charge in [-0.25, -0.2) is 0 Å². The molecule has 1 fully saturated rings. The standard InChI is InChI=1S/C11H17NO/c1-3-4-5-6-7-12-11(13)10-8-9(10)2/h1,9-10H,4-8H2,2H3,(H,12,13). The second-order valence-corrected chi connectivity index (χ2v) is 3.77. The number of hydrogen-bond acceptors (Lipinski definition) is 1. The van der Waals surface area contributed by atoms with E-state index in [-0.39, 0.29) is 5.91 Å². The Balaban J connectivity index is 1.94. The average Bonchev–Trinajstić information content (AvgIpc) is 2.82. The van der Waals surface area contributed by atoms with E-state index < -0.39 is 0 Å². The van der Waals surface area contributed by atoms with Gasteiger partial charge < -0.3 is 5.32 Å². The number of terminal acetylenes is 1. The summed E-state index contributed by atoms with van der Waals surface area (Å²) in [4.78, 5) is 11.3. The maximum Gasteiger partial charge on any atom is 0.223 e. The number of nitrogens with one attached hydrogen (secondary N) is 1. The van der Waals surface area contributed by atoms with Gasteiger partial charge in [0.2, 0.25) is 5.91 Å². The van der Waals surface area contributed by atoms with E-state index in [1.807, 2.05) is 0 Å². The third kappa shape index (κ3) is 3.50. The Morgan fingerprint density at radius 3 is 2.85 bits per heavy atom. The molecule has 13 heavy (non-hydrogen) atoms. The van der Waals surface area contributed by atoms with Gasteiger partial charge in [-0.2, -0.15) is 0 Å². The van der Waals surface area contributed by atoms with E-state index >= 15 is 0 Å². The average molecular weight is 179 g/mol. The first-order valence-corrected chi connectivity index (χ1v) is 4.97. The molecular weight excluding hydrogens is 162 g/mol. The third-order valence-corrected chi connectivity index (χ3v) is 2.49. The molecule has 1 rings (SSSR count). The van der Waals surface area contributed by atoms with Crippen molar-refractivity contribution in [1.29, 1.82) is 0 Å². The molecule has 0 heterocycles. The van der Waals surface area contributed by atoms with Gasteiger partial charge in [0.1, 0.15) is 0 Å². The minimum atomic E-state index is 0.230. The number of carbonyl (C=O) groups excluding carboxylic acids is 1. The molecule has 0 aromatic heterocycles. The van der Waals surface area contributed by atoms with Gasteiger partial charge in [0.05, 0.1) is 0 Å². The number of amides is 1. The van der Waals surface area contributed by atoms with Crippen LogP contribution in [0.3, 0.4) is 0 Å². The topological polar surface area (TPSA) is 29.1 Å². The van der Waals surface area contributed by atoms with Crippen LogP contribution in [0, 0.1) is 24.2 Å². The molecule has 0 aliphatic heterocycles. The van der Waals surface area contributed by atoms with Crippen molar-refractivity contribution in [2.45, 2.75) is 32.6 Å². The molecule has 0 radical (unpaired) electrons. The van der Waals surface area contributed by atoms with Crippen molar-refractivity contribution in [2.24, 2.45) is 11.8 Å². The molecule has 2 nitrogen and oxygen atoms in total. The Kier molecular flexibility index (Phi) is 3.82. The highest BCUT2D eigenvalue weighted by atomic mass is 16.2. The van der Waals surface area contributed by atoms with Crippen LogP contribution >= 0.6 is 0 Å². The Morgan fingerprint density at radius 1 is 1.62 bits per heavy atom. The SMILES string of the molecule is C#CCCCCNC(=O)C1CC1C. The first-order chi connectivity index (χ1) is 6.25. The van der Waals surface area contributed by atoms with Crippen molar-refractivity contribution in [1.82, 2.24) is 5.32 Å². The predicted octanol–water partition coefficient (Wildman–Crippen LogP) is 1.56. The molecular formula is C11H17NO. The van der Waals surface area contributed by atoms with Gasteiger partial charge in [-0.1, -0.05) is 6.92 Å². The van der Waals surface area contributed by atoms with E-state index in [0.29, 0.717) is 11.8 Å². The Hall–Kier alpha value is -0.970. The van der Waals surface area contributed by atoms with Crippen molar-refractivity contribution in [2.75, 3.05) is 6.54 Å². The quantitative estimate of drug-likeness (QED) is 0.503. The van der Waals surface area contributed by atoms with Gasteiger partial charge in [-0.3, -0.25) is 4.79 Å². The molecule has 0 bridgehead atoms. The molecule has 1 aliphatic carbocycles. The number of unbranched alkanes of at least 4 members (excludes halogenated alkanes) is 2. The zero-order valence-electron chi connectivity index (χ0n) is 8.18. The lowest BCUT2D eigenvalue weighted by molar-refractivity contribution is -0.122. The second-order valence-electron chi connectivity index (χ2n) is 3.77. The number of carbonyl (C=O) groups is 1. The normalized spacial score (nSPS) is 24.9. The summed E-state index contributed by atoms with van der Waals surface area (Å²) in [7, 11) is 0. The summed E-state index contributed by atoms with van der Waals surface area (Å²) in [6.07, 6.45) is 9.00. The molecule has 1 aliphatic rings. The van der Waals surface area contributed by atoms with Crippen molar-refractivity contribution in [3.63, 3.8) is 0 Å². The fourth-order valence-corrected chi connectivity index (χ4v) is 1.38. The van der Waals surface area contributed by atoms with Gasteiger partial charge in [0.15, 0.2) is 0 Å². The molecule has 0 aromatic carbocycles. The zero-order chi connectivity index (χ0) is 9.68. The lowest BCUT2D eigenvalue weighted by atomic mass is 10.2. The fourth-order valence-electron chi connectivity index (χ4n) is 1.38. The van der Waals surface area contributed by atoms with Crippen molar-refractivity contribution < 1.29 is 4.79 Å². The van der Waals surface area contributed by atoms with Crippen LogP contribution in [0.4, 0.5) is 0 Å². The summed E-state index contributed by atoms with van der Waals surface area (Å²) >= 11 is 0. The summed E-state index contributed by atoms with van der Waals surface area (Å²) < 4.78 is 0. The number of hydrogen-bond donors (Lipinski definition) is 1. The van der Waals surface area contributed by atoms with Gasteiger partial charge in [0, 0.05) is 18.9 Å². The van der Waals surface area contributed by atoms with Gasteiger partial charge in [-0.05, 0) is 25.2 Å². The predicted molar refractivity (Wildman–Crippen MR) is 53.0 cm³/mol. The van der Waals surface area contributed by atoms with E-state index in [4.69, 9.17) is 6.42 Å². The first kappa shape index (κ1) is 10.1. The Labute approximate surface area is 80.1 Å². The lowest BCUT2D eigenvalue weighted by Crippen LogP contribution is -2.26. The maximum atomic E-state index is 11.3. The summed E-state index contributed by atoms with van der Waals surface area (Å²) in [5, 5.41) is 2.93. The second kappa shape index (κ2) is 4.91. The van der Waals surface area contributed by atoms with Gasteiger partial charge in [0.25, 0.3) is 0 Å². The van der Waals surface area contributed by atoms with Crippen LogP contribution < -0.4 is 5.32 Å². The Bertz CT molecular complexity index is 217. The van der Waals surface area contributed by atoms with Crippen molar-refractivity contribution in [3.05, 3.63) is 0 Å². The van der Waals surface area contributed by atoms with Crippen molar-refractivity contribution >= 4 is 5.91 Å². The molecule has 1 amide bonds. The first-order valence-electron chi connectivity index (χ1n) is 4.97. The highest BCUT2D eigenvalue weighted by Gasteiger charge is 2.38. The molecule has 0 spiro atoms. The highest BCUT2D eigenvalue weighted by Crippen LogP contribution is 2.37. The molecule has 1 saturated carbocycles. The van der Waals surface area contributed by atoms with Crippen LogP contribution in [-0.4, -0.2) is 12.5 Å². The minimum absolute atomic E-state index is 0.230. The summed E-state index contributed by atoms with van der Waals surface area (Å²) in [5.41, 5.74) is 0. The fraction of sp³-hybridized carbons (Fsp3) is 0.727. The van der Waals surface area contributed by atoms with E-state index in [9.17, 15) is 4.79 Å².